The van der Waals surface area contributed by atoms with Gasteiger partial charge in [-0.05, 0) is 79.5 Å². The summed E-state index contributed by atoms with van der Waals surface area (Å²) in [7, 11) is 0. The van der Waals surface area contributed by atoms with Gasteiger partial charge in [0, 0.05) is 34.4 Å². The van der Waals surface area contributed by atoms with E-state index in [9.17, 15) is 9.18 Å². The van der Waals surface area contributed by atoms with E-state index < -0.39 is 6.23 Å². The third kappa shape index (κ3) is 4.93. The normalized spacial score (nSPS) is 24.9. The maximum atomic E-state index is 13.7. The van der Waals surface area contributed by atoms with Gasteiger partial charge in [-0.1, -0.05) is 28.1 Å². The molecule has 2 saturated heterocycles. The predicted molar refractivity (Wildman–Crippen MR) is 145 cm³/mol. The summed E-state index contributed by atoms with van der Waals surface area (Å²) in [5.41, 5.74) is 4.72. The number of hydrogen-bond acceptors (Lipinski definition) is 4. The van der Waals surface area contributed by atoms with Crippen LogP contribution in [0.5, 0.6) is 0 Å². The first-order valence-electron chi connectivity index (χ1n) is 12.2. The molecule has 3 unspecified atom stereocenters. The number of ether oxygens (including phenoxy) is 1. The van der Waals surface area contributed by atoms with Crippen molar-refractivity contribution in [2.75, 3.05) is 13.2 Å². The highest BCUT2D eigenvalue weighted by Gasteiger charge is 2.37. The summed E-state index contributed by atoms with van der Waals surface area (Å²) in [6.45, 7) is 0.532. The lowest BCUT2D eigenvalue weighted by Crippen LogP contribution is -2.30. The summed E-state index contributed by atoms with van der Waals surface area (Å²) < 4.78 is 22.5. The Morgan fingerprint density at radius 3 is 2.84 bits per heavy atom. The molecule has 0 spiro atoms. The number of hydrogen-bond donors (Lipinski definition) is 2. The second kappa shape index (κ2) is 10.00. The molecule has 0 radical (unpaired) electrons. The zero-order valence-electron chi connectivity index (χ0n) is 19.9. The van der Waals surface area contributed by atoms with E-state index in [4.69, 9.17) is 22.1 Å². The van der Waals surface area contributed by atoms with Crippen LogP contribution in [0.15, 0.2) is 82.4 Å². The summed E-state index contributed by atoms with van der Waals surface area (Å²) in [5.74, 6) is -0.412. The maximum Gasteiger partial charge on any atom is 0.250 e. The van der Waals surface area contributed by atoms with Crippen molar-refractivity contribution in [2.24, 2.45) is 0 Å². The molecular weight excluding hydrogens is 557 g/mol. The molecule has 2 fully saturated rings. The standard InChI is InChI=1S/C27H25BrFN5O2S/c28-18-4-8-20(9-5-18)34-14-21(25(32-34)17-2-6-19(29)7-3-17)26-33(24(35)15-36-26)12-11-16-1-10-22-23(13-16)31-27(37)30-22/h1-2,4-9,13-14,17,22,26H,3,10-12,15H2,(H2,30,31,37). The van der Waals surface area contributed by atoms with E-state index in [-0.39, 0.29) is 30.3 Å². The van der Waals surface area contributed by atoms with E-state index in [1.54, 1.807) is 15.7 Å². The van der Waals surface area contributed by atoms with E-state index in [1.165, 1.54) is 6.08 Å². The van der Waals surface area contributed by atoms with Crippen LogP contribution in [-0.2, 0) is 9.53 Å². The third-order valence-corrected chi connectivity index (χ3v) is 7.79. The van der Waals surface area contributed by atoms with Gasteiger partial charge < -0.3 is 20.3 Å². The number of benzene rings is 1. The van der Waals surface area contributed by atoms with Crippen molar-refractivity contribution in [1.29, 1.82) is 0 Å². The van der Waals surface area contributed by atoms with Gasteiger partial charge in [0.15, 0.2) is 11.3 Å². The zero-order chi connectivity index (χ0) is 25.5. The Bertz CT molecular complexity index is 1380. The lowest BCUT2D eigenvalue weighted by atomic mass is 9.93. The minimum atomic E-state index is -0.556. The fourth-order valence-electron chi connectivity index (χ4n) is 5.12. The van der Waals surface area contributed by atoms with Crippen LogP contribution >= 0.6 is 28.1 Å². The van der Waals surface area contributed by atoms with E-state index in [1.807, 2.05) is 36.5 Å². The van der Waals surface area contributed by atoms with Crippen molar-refractivity contribution in [2.45, 2.75) is 37.5 Å². The van der Waals surface area contributed by atoms with Gasteiger partial charge in [-0.15, -0.1) is 0 Å². The number of aromatic nitrogens is 2. The molecule has 3 atom stereocenters. The molecule has 1 aromatic carbocycles. The minimum absolute atomic E-state index is 0.0184. The Labute approximate surface area is 227 Å². The van der Waals surface area contributed by atoms with Crippen LogP contribution in [0.4, 0.5) is 4.39 Å². The zero-order valence-corrected chi connectivity index (χ0v) is 22.3. The van der Waals surface area contributed by atoms with Gasteiger partial charge >= 0.3 is 0 Å². The minimum Gasteiger partial charge on any atom is -0.354 e. The first kappa shape index (κ1) is 24.3. The van der Waals surface area contributed by atoms with Crippen molar-refractivity contribution in [3.8, 4) is 5.69 Å². The molecule has 0 saturated carbocycles. The highest BCUT2D eigenvalue weighted by Crippen LogP contribution is 2.37. The number of thiocarbonyl (C=S) groups is 1. The molecule has 2 aromatic rings. The van der Waals surface area contributed by atoms with Crippen LogP contribution in [0.25, 0.3) is 5.69 Å². The van der Waals surface area contributed by atoms with Gasteiger partial charge in [0.25, 0.3) is 5.91 Å². The van der Waals surface area contributed by atoms with Crippen LogP contribution in [0.3, 0.4) is 0 Å². The number of carbonyl (C=O) groups excluding carboxylic acids is 1. The van der Waals surface area contributed by atoms with Crippen molar-refractivity contribution in [3.63, 3.8) is 0 Å². The van der Waals surface area contributed by atoms with Crippen molar-refractivity contribution in [1.82, 2.24) is 25.3 Å². The van der Waals surface area contributed by atoms with E-state index >= 15 is 0 Å². The number of nitrogens with one attached hydrogen (secondary N) is 2. The van der Waals surface area contributed by atoms with Crippen molar-refractivity contribution in [3.05, 3.63) is 93.7 Å². The van der Waals surface area contributed by atoms with Gasteiger partial charge in [0.1, 0.15) is 12.4 Å². The number of halogens is 2. The average Bonchev–Trinajstić information content (AvgIpc) is 3.59. The van der Waals surface area contributed by atoms with Gasteiger partial charge in [-0.2, -0.15) is 5.10 Å². The molecule has 2 aliphatic carbocycles. The topological polar surface area (TPSA) is 71.4 Å². The number of fused-ring (bicyclic) bond motifs is 1. The molecule has 10 heteroatoms. The molecule has 0 bridgehead atoms. The highest BCUT2D eigenvalue weighted by atomic mass is 79.9. The number of amides is 1. The Hall–Kier alpha value is -3.08. The molecule has 2 N–H and O–H groups in total. The molecule has 4 aliphatic rings. The van der Waals surface area contributed by atoms with Crippen molar-refractivity contribution < 1.29 is 13.9 Å². The summed E-state index contributed by atoms with van der Waals surface area (Å²) in [4.78, 5) is 14.7. The second-order valence-corrected chi connectivity index (χ2v) is 10.8. The predicted octanol–water partition coefficient (Wildman–Crippen LogP) is 4.84. The fourth-order valence-corrected chi connectivity index (χ4v) is 5.64. The Balaban J connectivity index is 1.27. The smallest absolute Gasteiger partial charge is 0.250 e. The molecular formula is C27H25BrFN5O2S. The maximum absolute atomic E-state index is 13.7. The quantitative estimate of drug-likeness (QED) is 0.476. The molecule has 37 heavy (non-hydrogen) atoms. The Morgan fingerprint density at radius 1 is 1.22 bits per heavy atom. The number of nitrogens with zero attached hydrogens (tertiary/aromatic N) is 3. The van der Waals surface area contributed by atoms with E-state index in [0.717, 1.165) is 39.1 Å². The largest absolute Gasteiger partial charge is 0.354 e. The third-order valence-electron chi connectivity index (χ3n) is 7.04. The van der Waals surface area contributed by atoms with Crippen LogP contribution in [-0.4, -0.2) is 44.9 Å². The number of allylic oxidation sites excluding steroid dienone is 5. The van der Waals surface area contributed by atoms with E-state index in [0.29, 0.717) is 24.5 Å². The molecule has 190 valence electrons. The second-order valence-electron chi connectivity index (χ2n) is 9.45. The lowest BCUT2D eigenvalue weighted by molar-refractivity contribution is -0.128. The monoisotopic (exact) mass is 581 g/mol. The van der Waals surface area contributed by atoms with Gasteiger partial charge in [0.2, 0.25) is 0 Å². The highest BCUT2D eigenvalue weighted by molar-refractivity contribution is 9.10. The number of rotatable bonds is 6. The molecule has 7 nitrogen and oxygen atoms in total. The SMILES string of the molecule is O=C1COC(c2cn(-c3ccc(Br)cc3)nc2C2C=CC(F)=CC2)N1CCC1=CCC2NC(=S)NC2=C1. The summed E-state index contributed by atoms with van der Waals surface area (Å²) in [6, 6.07) is 8.04. The Morgan fingerprint density at radius 2 is 2.05 bits per heavy atom. The summed E-state index contributed by atoms with van der Waals surface area (Å²) >= 11 is 8.71. The van der Waals surface area contributed by atoms with Gasteiger partial charge in [0.05, 0.1) is 17.4 Å². The molecule has 2 aliphatic heterocycles. The van der Waals surface area contributed by atoms with E-state index in [2.05, 4.69) is 38.7 Å². The first-order valence-corrected chi connectivity index (χ1v) is 13.4. The van der Waals surface area contributed by atoms with Gasteiger partial charge in [-0.3, -0.25) is 4.79 Å². The van der Waals surface area contributed by atoms with Crippen LogP contribution in [0.1, 0.15) is 42.7 Å². The molecule has 1 amide bonds. The summed E-state index contributed by atoms with van der Waals surface area (Å²) in [5, 5.41) is 12.0. The van der Waals surface area contributed by atoms with Crippen molar-refractivity contribution >= 4 is 39.2 Å². The number of carbonyl (C=O) groups is 1. The Kier molecular flexibility index (Phi) is 6.56. The molecule has 3 heterocycles. The lowest BCUT2D eigenvalue weighted by Gasteiger charge is -2.25. The summed E-state index contributed by atoms with van der Waals surface area (Å²) in [6.07, 6.45) is 12.6. The van der Waals surface area contributed by atoms with Crippen LogP contribution < -0.4 is 10.6 Å². The molecule has 1 aromatic heterocycles. The fraction of sp³-hybridized carbons (Fsp3) is 0.296. The van der Waals surface area contributed by atoms with Crippen LogP contribution in [0, 0.1) is 0 Å². The van der Waals surface area contributed by atoms with Gasteiger partial charge in [-0.25, -0.2) is 9.07 Å². The van der Waals surface area contributed by atoms with Crippen LogP contribution in [0.2, 0.25) is 0 Å². The first-order chi connectivity index (χ1) is 17.9. The molecule has 6 rings (SSSR count). The average molecular weight is 582 g/mol.